The van der Waals surface area contributed by atoms with E-state index < -0.39 is 0 Å². The van der Waals surface area contributed by atoms with Crippen molar-refractivity contribution in [2.45, 2.75) is 109 Å². The lowest BCUT2D eigenvalue weighted by atomic mass is 10.0. The summed E-state index contributed by atoms with van der Waals surface area (Å²) in [7, 11) is 0. The molecule has 24 heavy (non-hydrogen) atoms. The molecular weight excluding hydrogens is 314 g/mol. The lowest BCUT2D eigenvalue weighted by molar-refractivity contribution is 0.531. The van der Waals surface area contributed by atoms with Crippen molar-refractivity contribution in [2.75, 3.05) is 0 Å². The number of halogens is 1. The first-order valence-electron chi connectivity index (χ1n) is 10.4. The summed E-state index contributed by atoms with van der Waals surface area (Å²) in [6.07, 6.45) is 22.5. The van der Waals surface area contributed by atoms with Gasteiger partial charge in [-0.2, -0.15) is 0 Å². The van der Waals surface area contributed by atoms with Gasteiger partial charge in [-0.25, -0.2) is 0 Å². The molecule has 1 aromatic rings. The minimum Gasteiger partial charge on any atom is -0.260 e. The molecule has 1 aromatic heterocycles. The highest BCUT2D eigenvalue weighted by molar-refractivity contribution is 6.20. The summed E-state index contributed by atoms with van der Waals surface area (Å²) in [6, 6.07) is 5.99. The van der Waals surface area contributed by atoms with E-state index in [1.165, 1.54) is 89.9 Å². The van der Waals surface area contributed by atoms with Crippen LogP contribution in [0.25, 0.3) is 0 Å². The van der Waals surface area contributed by atoms with Gasteiger partial charge in [-0.3, -0.25) is 4.98 Å². The van der Waals surface area contributed by atoms with Crippen molar-refractivity contribution >= 4 is 11.6 Å². The average Bonchev–Trinajstić information content (AvgIpc) is 2.62. The van der Waals surface area contributed by atoms with Crippen LogP contribution in [0.2, 0.25) is 0 Å². The third kappa shape index (κ3) is 11.9. The maximum absolute atomic E-state index is 6.39. The normalized spacial score (nSPS) is 12.4. The third-order valence-corrected chi connectivity index (χ3v) is 5.26. The molecule has 0 N–H and O–H groups in total. The molecule has 0 aliphatic carbocycles. The van der Waals surface area contributed by atoms with Crippen molar-refractivity contribution in [1.29, 1.82) is 0 Å². The summed E-state index contributed by atoms with van der Waals surface area (Å²) in [5.41, 5.74) is 1.02. The Hall–Kier alpha value is -0.560. The first kappa shape index (κ1) is 21.5. The molecule has 0 fully saturated rings. The number of unbranched alkanes of at least 4 members (excludes halogenated alkanes) is 13. The smallest absolute Gasteiger partial charge is 0.0757 e. The lowest BCUT2D eigenvalue weighted by Crippen LogP contribution is -1.93. The fraction of sp³-hybridized carbons (Fsp3) is 0.773. The van der Waals surface area contributed by atoms with Crippen LogP contribution in [0.5, 0.6) is 0 Å². The van der Waals surface area contributed by atoms with Crippen LogP contribution < -0.4 is 0 Å². The molecule has 2 heteroatoms. The van der Waals surface area contributed by atoms with Crippen LogP contribution >= 0.6 is 11.6 Å². The number of aromatic nitrogens is 1. The van der Waals surface area contributed by atoms with Crippen LogP contribution in [0.3, 0.4) is 0 Å². The molecule has 138 valence electrons. The van der Waals surface area contributed by atoms with Gasteiger partial charge in [0.25, 0.3) is 0 Å². The van der Waals surface area contributed by atoms with Gasteiger partial charge in [-0.1, -0.05) is 103 Å². The van der Waals surface area contributed by atoms with E-state index in [0.717, 1.165) is 12.1 Å². The van der Waals surface area contributed by atoms with Gasteiger partial charge in [0, 0.05) is 6.20 Å². The zero-order chi connectivity index (χ0) is 17.3. The van der Waals surface area contributed by atoms with E-state index in [1.807, 2.05) is 24.4 Å². The van der Waals surface area contributed by atoms with E-state index in [2.05, 4.69) is 11.9 Å². The Kier molecular flexibility index (Phi) is 14.3. The van der Waals surface area contributed by atoms with Crippen LogP contribution in [-0.2, 0) is 0 Å². The zero-order valence-electron chi connectivity index (χ0n) is 15.8. The van der Waals surface area contributed by atoms with Gasteiger partial charge in [0.15, 0.2) is 0 Å². The average molecular weight is 352 g/mol. The van der Waals surface area contributed by atoms with E-state index in [4.69, 9.17) is 11.6 Å². The van der Waals surface area contributed by atoms with E-state index in [0.29, 0.717) is 0 Å². The summed E-state index contributed by atoms with van der Waals surface area (Å²) in [5, 5.41) is 0.0866. The standard InChI is InChI=1S/C22H38ClN/c1-2-3-4-5-6-7-8-9-10-11-12-13-14-15-18-21(23)22-19-16-17-20-24-22/h16-17,19-21H,2-15,18H2,1H3. The molecule has 1 rings (SSSR count). The molecule has 0 spiro atoms. The number of nitrogens with zero attached hydrogens (tertiary/aromatic N) is 1. The Balaban J connectivity index is 1.79. The van der Waals surface area contributed by atoms with Crippen LogP contribution in [0, 0.1) is 0 Å². The molecule has 0 aliphatic rings. The SMILES string of the molecule is CCCCCCCCCCCCCCCCC(Cl)c1ccccn1. The Bertz CT molecular complexity index is 365. The predicted octanol–water partition coefficient (Wildman–Crippen LogP) is 8.23. The van der Waals surface area contributed by atoms with E-state index >= 15 is 0 Å². The highest BCUT2D eigenvalue weighted by atomic mass is 35.5. The van der Waals surface area contributed by atoms with Gasteiger partial charge in [0.05, 0.1) is 11.1 Å². The third-order valence-electron chi connectivity index (χ3n) is 4.82. The number of hydrogen-bond acceptors (Lipinski definition) is 1. The second kappa shape index (κ2) is 15.9. The van der Waals surface area contributed by atoms with Crippen LogP contribution in [-0.4, -0.2) is 4.98 Å². The monoisotopic (exact) mass is 351 g/mol. The lowest BCUT2D eigenvalue weighted by Gasteiger charge is -2.08. The van der Waals surface area contributed by atoms with Gasteiger partial charge in [0.2, 0.25) is 0 Å². The van der Waals surface area contributed by atoms with Crippen molar-refractivity contribution in [2.24, 2.45) is 0 Å². The highest BCUT2D eigenvalue weighted by Gasteiger charge is 2.07. The Morgan fingerprint density at radius 2 is 1.25 bits per heavy atom. The molecule has 0 bridgehead atoms. The molecule has 0 saturated carbocycles. The van der Waals surface area contributed by atoms with Crippen LogP contribution in [0.15, 0.2) is 24.4 Å². The number of hydrogen-bond donors (Lipinski definition) is 0. The molecule has 0 radical (unpaired) electrons. The highest BCUT2D eigenvalue weighted by Crippen LogP contribution is 2.25. The minimum absolute atomic E-state index is 0.0866. The maximum atomic E-state index is 6.39. The second-order valence-electron chi connectivity index (χ2n) is 7.11. The first-order chi connectivity index (χ1) is 11.8. The van der Waals surface area contributed by atoms with Crippen molar-refractivity contribution in [3.05, 3.63) is 30.1 Å². The van der Waals surface area contributed by atoms with Crippen molar-refractivity contribution in [3.63, 3.8) is 0 Å². The number of rotatable bonds is 16. The summed E-state index contributed by atoms with van der Waals surface area (Å²) in [6.45, 7) is 2.29. The molecule has 0 saturated heterocycles. The molecule has 1 nitrogen and oxygen atoms in total. The van der Waals surface area contributed by atoms with Crippen LogP contribution in [0.4, 0.5) is 0 Å². The summed E-state index contributed by atoms with van der Waals surface area (Å²) < 4.78 is 0. The maximum Gasteiger partial charge on any atom is 0.0757 e. The summed E-state index contributed by atoms with van der Waals surface area (Å²) in [5.74, 6) is 0. The second-order valence-corrected chi connectivity index (χ2v) is 7.63. The first-order valence-corrected chi connectivity index (χ1v) is 10.8. The summed E-state index contributed by atoms with van der Waals surface area (Å²) >= 11 is 6.39. The van der Waals surface area contributed by atoms with E-state index in [1.54, 1.807) is 0 Å². The van der Waals surface area contributed by atoms with Crippen molar-refractivity contribution in [3.8, 4) is 0 Å². The molecule has 1 atom stereocenters. The Morgan fingerprint density at radius 3 is 1.71 bits per heavy atom. The summed E-state index contributed by atoms with van der Waals surface area (Å²) in [4.78, 5) is 4.33. The number of alkyl halides is 1. The van der Waals surface area contributed by atoms with Crippen molar-refractivity contribution < 1.29 is 0 Å². The molecule has 0 aromatic carbocycles. The van der Waals surface area contributed by atoms with Crippen molar-refractivity contribution in [1.82, 2.24) is 4.98 Å². The van der Waals surface area contributed by atoms with E-state index in [-0.39, 0.29) is 5.38 Å². The Labute approximate surface area is 155 Å². The zero-order valence-corrected chi connectivity index (χ0v) is 16.6. The van der Waals surface area contributed by atoms with Crippen LogP contribution in [0.1, 0.15) is 114 Å². The molecule has 1 unspecified atom stereocenters. The predicted molar refractivity (Wildman–Crippen MR) is 108 cm³/mol. The fourth-order valence-electron chi connectivity index (χ4n) is 3.23. The molecule has 0 aliphatic heterocycles. The quantitative estimate of drug-likeness (QED) is 0.216. The topological polar surface area (TPSA) is 12.9 Å². The van der Waals surface area contributed by atoms with Gasteiger partial charge in [-0.05, 0) is 18.6 Å². The fourth-order valence-corrected chi connectivity index (χ4v) is 3.51. The Morgan fingerprint density at radius 1 is 0.750 bits per heavy atom. The molecule has 1 heterocycles. The number of pyridine rings is 1. The minimum atomic E-state index is 0.0866. The largest absolute Gasteiger partial charge is 0.260 e. The van der Waals surface area contributed by atoms with Gasteiger partial charge in [-0.15, -0.1) is 11.6 Å². The van der Waals surface area contributed by atoms with E-state index in [9.17, 15) is 0 Å². The van der Waals surface area contributed by atoms with Gasteiger partial charge < -0.3 is 0 Å². The van der Waals surface area contributed by atoms with Gasteiger partial charge in [0.1, 0.15) is 0 Å². The molecular formula is C22H38ClN. The molecule has 0 amide bonds. The van der Waals surface area contributed by atoms with Gasteiger partial charge >= 0.3 is 0 Å².